The van der Waals surface area contributed by atoms with Gasteiger partial charge in [0, 0.05) is 20.0 Å². The van der Waals surface area contributed by atoms with Crippen molar-refractivity contribution < 1.29 is 9.59 Å². The zero-order chi connectivity index (χ0) is 16.1. The average Bonchev–Trinajstić information content (AvgIpc) is 2.98. The van der Waals surface area contributed by atoms with Gasteiger partial charge in [0.1, 0.15) is 11.8 Å². The highest BCUT2D eigenvalue weighted by Gasteiger charge is 2.35. The van der Waals surface area contributed by atoms with Crippen molar-refractivity contribution in [3.05, 3.63) is 30.3 Å². The van der Waals surface area contributed by atoms with Crippen LogP contribution in [0.2, 0.25) is 0 Å². The van der Waals surface area contributed by atoms with Crippen molar-refractivity contribution in [2.75, 3.05) is 18.6 Å². The van der Waals surface area contributed by atoms with E-state index in [4.69, 9.17) is 5.73 Å². The lowest BCUT2D eigenvalue weighted by Gasteiger charge is -2.20. The van der Waals surface area contributed by atoms with E-state index in [-0.39, 0.29) is 12.3 Å². The van der Waals surface area contributed by atoms with Crippen LogP contribution in [0.15, 0.2) is 35.4 Å². The molecule has 0 bridgehead atoms. The lowest BCUT2D eigenvalue weighted by molar-refractivity contribution is -0.123. The van der Waals surface area contributed by atoms with Gasteiger partial charge in [-0.15, -0.1) is 0 Å². The molecule has 1 aromatic rings. The molecule has 1 aromatic carbocycles. The number of amides is 2. The lowest BCUT2D eigenvalue weighted by Crippen LogP contribution is -2.40. The molecule has 0 saturated heterocycles. The topological polar surface area (TPSA) is 79.0 Å². The third-order valence-electron chi connectivity index (χ3n) is 3.70. The Hall–Kier alpha value is -2.37. The number of nitrogens with zero attached hydrogens (tertiary/aromatic N) is 3. The van der Waals surface area contributed by atoms with Crippen LogP contribution in [0.1, 0.15) is 26.2 Å². The maximum absolute atomic E-state index is 12.4. The van der Waals surface area contributed by atoms with E-state index in [1.165, 1.54) is 0 Å². The van der Waals surface area contributed by atoms with Gasteiger partial charge in [-0.3, -0.25) is 14.6 Å². The van der Waals surface area contributed by atoms with Crippen molar-refractivity contribution in [1.29, 1.82) is 0 Å². The summed E-state index contributed by atoms with van der Waals surface area (Å²) in [6.07, 6.45) is 2.21. The highest BCUT2D eigenvalue weighted by molar-refractivity contribution is 6.40. The lowest BCUT2D eigenvalue weighted by atomic mass is 10.1. The highest BCUT2D eigenvalue weighted by Crippen LogP contribution is 2.24. The normalized spacial score (nSPS) is 17.3. The van der Waals surface area contributed by atoms with Gasteiger partial charge in [-0.05, 0) is 18.6 Å². The predicted molar refractivity (Wildman–Crippen MR) is 86.5 cm³/mol. The molecule has 0 aliphatic carbocycles. The zero-order valence-electron chi connectivity index (χ0n) is 13.0. The molecule has 0 fully saturated rings. The quantitative estimate of drug-likeness (QED) is 0.862. The van der Waals surface area contributed by atoms with E-state index in [0.717, 1.165) is 18.5 Å². The van der Waals surface area contributed by atoms with Crippen LogP contribution < -0.4 is 10.7 Å². The summed E-state index contributed by atoms with van der Waals surface area (Å²) >= 11 is 0. The number of hydrogen-bond acceptors (Lipinski definition) is 4. The first-order valence-corrected chi connectivity index (χ1v) is 7.51. The Balaban J connectivity index is 2.20. The number of rotatable bonds is 6. The summed E-state index contributed by atoms with van der Waals surface area (Å²) in [6.45, 7) is 2.76. The molecule has 2 rings (SSSR count). The second kappa shape index (κ2) is 7.06. The molecule has 0 saturated carbocycles. The van der Waals surface area contributed by atoms with E-state index in [0.29, 0.717) is 12.3 Å². The minimum absolute atomic E-state index is 0.141. The highest BCUT2D eigenvalue weighted by atomic mass is 16.2. The van der Waals surface area contributed by atoms with Crippen LogP contribution in [0.3, 0.4) is 0 Å². The molecule has 22 heavy (non-hydrogen) atoms. The molecule has 118 valence electrons. The standard InChI is InChI=1S/C16H22N4O2/c1-3-4-10-19(2)16(22)13-11-14(15(17)21)20(18-13)12-8-6-5-7-9-12/h5-9,14H,3-4,10-11H2,1-2H3,(H2,17,21)/t14-/m1/s1. The first-order valence-electron chi connectivity index (χ1n) is 7.51. The SMILES string of the molecule is CCCCN(C)C(=O)C1=NN(c2ccccc2)[C@@H](C(N)=O)C1. The molecule has 6 nitrogen and oxygen atoms in total. The van der Waals surface area contributed by atoms with Gasteiger partial charge in [0.25, 0.3) is 5.91 Å². The van der Waals surface area contributed by atoms with Crippen LogP contribution in [-0.4, -0.2) is 42.1 Å². The summed E-state index contributed by atoms with van der Waals surface area (Å²) < 4.78 is 0. The smallest absolute Gasteiger partial charge is 0.269 e. The van der Waals surface area contributed by atoms with Crippen molar-refractivity contribution >= 4 is 23.2 Å². The molecule has 1 aliphatic rings. The van der Waals surface area contributed by atoms with E-state index in [2.05, 4.69) is 12.0 Å². The van der Waals surface area contributed by atoms with E-state index >= 15 is 0 Å². The number of carbonyl (C=O) groups is 2. The van der Waals surface area contributed by atoms with Crippen LogP contribution in [0.5, 0.6) is 0 Å². The van der Waals surface area contributed by atoms with Gasteiger partial charge in [0.15, 0.2) is 0 Å². The summed E-state index contributed by atoms with van der Waals surface area (Å²) in [4.78, 5) is 25.7. The zero-order valence-corrected chi connectivity index (χ0v) is 13.0. The number of unbranched alkanes of at least 4 members (excludes halogenated alkanes) is 1. The number of hydrogen-bond donors (Lipinski definition) is 1. The van der Waals surface area contributed by atoms with Crippen molar-refractivity contribution in [2.45, 2.75) is 32.2 Å². The summed E-state index contributed by atoms with van der Waals surface area (Å²) in [5.74, 6) is -0.621. The third-order valence-corrected chi connectivity index (χ3v) is 3.70. The maximum Gasteiger partial charge on any atom is 0.269 e. The Morgan fingerprint density at radius 3 is 2.64 bits per heavy atom. The van der Waals surface area contributed by atoms with E-state index in [1.807, 2.05) is 30.3 Å². The monoisotopic (exact) mass is 302 g/mol. The molecule has 0 unspecified atom stereocenters. The van der Waals surface area contributed by atoms with Gasteiger partial charge >= 0.3 is 0 Å². The van der Waals surface area contributed by atoms with Crippen molar-refractivity contribution in [2.24, 2.45) is 10.8 Å². The average molecular weight is 302 g/mol. The molecule has 1 atom stereocenters. The van der Waals surface area contributed by atoms with Gasteiger partial charge in [-0.1, -0.05) is 31.5 Å². The van der Waals surface area contributed by atoms with Gasteiger partial charge < -0.3 is 10.6 Å². The fourth-order valence-corrected chi connectivity index (χ4v) is 2.40. The Morgan fingerprint density at radius 1 is 1.36 bits per heavy atom. The Kier molecular flexibility index (Phi) is 5.14. The first kappa shape index (κ1) is 16.0. The molecule has 1 heterocycles. The summed E-state index contributed by atoms with van der Waals surface area (Å²) in [5.41, 5.74) is 6.60. The molecule has 0 spiro atoms. The Labute approximate surface area is 130 Å². The van der Waals surface area contributed by atoms with Crippen molar-refractivity contribution in [3.8, 4) is 0 Å². The number of nitrogens with two attached hydrogens (primary N) is 1. The molecular formula is C16H22N4O2. The fraction of sp³-hybridized carbons (Fsp3) is 0.438. The Morgan fingerprint density at radius 2 is 2.05 bits per heavy atom. The summed E-state index contributed by atoms with van der Waals surface area (Å²) in [6, 6.07) is 8.67. The van der Waals surface area contributed by atoms with Crippen LogP contribution in [-0.2, 0) is 9.59 Å². The first-order chi connectivity index (χ1) is 10.5. The minimum atomic E-state index is -0.610. The number of para-hydroxylation sites is 1. The van der Waals surface area contributed by atoms with Gasteiger partial charge in [0.05, 0.1) is 5.69 Å². The second-order valence-corrected chi connectivity index (χ2v) is 5.43. The third kappa shape index (κ3) is 3.44. The number of anilines is 1. The predicted octanol–water partition coefficient (Wildman–Crippen LogP) is 1.37. The molecule has 1 aliphatic heterocycles. The van der Waals surface area contributed by atoms with Gasteiger partial charge in [-0.2, -0.15) is 5.10 Å². The molecule has 0 aromatic heterocycles. The van der Waals surface area contributed by atoms with E-state index in [1.54, 1.807) is 17.0 Å². The maximum atomic E-state index is 12.4. The largest absolute Gasteiger partial charge is 0.368 e. The van der Waals surface area contributed by atoms with E-state index in [9.17, 15) is 9.59 Å². The van der Waals surface area contributed by atoms with Gasteiger partial charge in [0.2, 0.25) is 5.91 Å². The van der Waals surface area contributed by atoms with Crippen molar-refractivity contribution in [1.82, 2.24) is 4.90 Å². The van der Waals surface area contributed by atoms with Gasteiger partial charge in [-0.25, -0.2) is 0 Å². The minimum Gasteiger partial charge on any atom is -0.368 e. The number of primary amides is 1. The molecule has 2 N–H and O–H groups in total. The number of hydrazone groups is 1. The van der Waals surface area contributed by atoms with Crippen LogP contribution >= 0.6 is 0 Å². The second-order valence-electron chi connectivity index (χ2n) is 5.43. The van der Waals surface area contributed by atoms with Crippen molar-refractivity contribution in [3.63, 3.8) is 0 Å². The van der Waals surface area contributed by atoms with Crippen LogP contribution in [0.25, 0.3) is 0 Å². The summed E-state index contributed by atoms with van der Waals surface area (Å²) in [5, 5.41) is 5.89. The number of benzene rings is 1. The molecule has 6 heteroatoms. The molecule has 2 amide bonds. The van der Waals surface area contributed by atoms with Crippen LogP contribution in [0, 0.1) is 0 Å². The fourth-order valence-electron chi connectivity index (χ4n) is 2.40. The Bertz CT molecular complexity index is 571. The van der Waals surface area contributed by atoms with E-state index < -0.39 is 11.9 Å². The van der Waals surface area contributed by atoms with Crippen LogP contribution in [0.4, 0.5) is 5.69 Å². The molecule has 0 radical (unpaired) electrons. The summed E-state index contributed by atoms with van der Waals surface area (Å²) in [7, 11) is 1.75. The molecular weight excluding hydrogens is 280 g/mol. The number of carbonyl (C=O) groups excluding carboxylic acids is 2.